The van der Waals surface area contributed by atoms with Gasteiger partial charge in [-0.15, -0.1) is 11.3 Å². The Labute approximate surface area is 132 Å². The van der Waals surface area contributed by atoms with Gasteiger partial charge in [-0.1, -0.05) is 54.6 Å². The zero-order valence-corrected chi connectivity index (χ0v) is 13.1. The van der Waals surface area contributed by atoms with Gasteiger partial charge in [0.2, 0.25) is 0 Å². The Morgan fingerprint density at radius 2 is 1.36 bits per heavy atom. The Kier molecular flexibility index (Phi) is 2.39. The van der Waals surface area contributed by atoms with E-state index in [0.717, 1.165) is 0 Å². The summed E-state index contributed by atoms with van der Waals surface area (Å²) in [5.74, 6) is 0. The molecule has 0 aliphatic rings. The predicted octanol–water partition coefficient (Wildman–Crippen LogP) is 6.67. The fourth-order valence-corrected chi connectivity index (χ4v) is 4.86. The van der Waals surface area contributed by atoms with Crippen LogP contribution in [0.4, 0.5) is 0 Å². The maximum absolute atomic E-state index is 2.36. The van der Waals surface area contributed by atoms with Crippen molar-refractivity contribution < 1.29 is 0 Å². The van der Waals surface area contributed by atoms with Crippen LogP contribution >= 0.6 is 11.3 Å². The van der Waals surface area contributed by atoms with E-state index in [2.05, 4.69) is 73.7 Å². The normalized spacial score (nSPS) is 11.9. The molecule has 0 saturated heterocycles. The lowest BCUT2D eigenvalue weighted by molar-refractivity contribution is 1.62. The second kappa shape index (κ2) is 4.31. The van der Waals surface area contributed by atoms with E-state index in [1.165, 1.54) is 47.3 Å². The van der Waals surface area contributed by atoms with Crippen LogP contribution in [0.5, 0.6) is 0 Å². The summed E-state index contributed by atoms with van der Waals surface area (Å²) in [5.41, 5.74) is 1.40. The fourth-order valence-electron chi connectivity index (χ4n) is 3.65. The molecule has 0 atom stereocenters. The van der Waals surface area contributed by atoms with Gasteiger partial charge in [-0.3, -0.25) is 0 Å². The lowest BCUT2D eigenvalue weighted by Crippen LogP contribution is -1.83. The van der Waals surface area contributed by atoms with E-state index in [-0.39, 0.29) is 0 Å². The van der Waals surface area contributed by atoms with Crippen molar-refractivity contribution in [2.75, 3.05) is 0 Å². The zero-order valence-electron chi connectivity index (χ0n) is 12.3. The van der Waals surface area contributed by atoms with Gasteiger partial charge in [-0.25, -0.2) is 0 Å². The van der Waals surface area contributed by atoms with Gasteiger partial charge in [-0.05, 0) is 46.2 Å². The average molecular weight is 298 g/mol. The van der Waals surface area contributed by atoms with Crippen LogP contribution in [0.2, 0.25) is 0 Å². The van der Waals surface area contributed by atoms with Gasteiger partial charge < -0.3 is 0 Å². The first-order valence-corrected chi connectivity index (χ1v) is 8.37. The highest BCUT2D eigenvalue weighted by Crippen LogP contribution is 2.41. The van der Waals surface area contributed by atoms with E-state index in [0.29, 0.717) is 0 Å². The van der Waals surface area contributed by atoms with E-state index >= 15 is 0 Å². The minimum Gasteiger partial charge on any atom is -0.135 e. The van der Waals surface area contributed by atoms with Crippen LogP contribution in [0, 0.1) is 6.92 Å². The van der Waals surface area contributed by atoms with Crippen LogP contribution in [0.15, 0.2) is 66.7 Å². The summed E-state index contributed by atoms with van der Waals surface area (Å²) < 4.78 is 2.77. The van der Waals surface area contributed by atoms with Crippen molar-refractivity contribution in [1.82, 2.24) is 0 Å². The van der Waals surface area contributed by atoms with E-state index in [4.69, 9.17) is 0 Å². The monoisotopic (exact) mass is 298 g/mol. The maximum Gasteiger partial charge on any atom is 0.0364 e. The van der Waals surface area contributed by atoms with Crippen LogP contribution in [-0.2, 0) is 0 Å². The van der Waals surface area contributed by atoms with Crippen molar-refractivity contribution in [1.29, 1.82) is 0 Å². The summed E-state index contributed by atoms with van der Waals surface area (Å²) in [4.78, 5) is 0. The Morgan fingerprint density at radius 3 is 2.27 bits per heavy atom. The third-order valence-electron chi connectivity index (χ3n) is 4.62. The number of hydrogen-bond acceptors (Lipinski definition) is 1. The number of aryl methyl sites for hydroxylation is 1. The minimum atomic E-state index is 1.32. The lowest BCUT2D eigenvalue weighted by atomic mass is 9.95. The Balaban J connectivity index is 2.12. The molecule has 0 unspecified atom stereocenters. The molecule has 22 heavy (non-hydrogen) atoms. The summed E-state index contributed by atoms with van der Waals surface area (Å²) in [6.45, 7) is 2.27. The first-order chi connectivity index (χ1) is 10.8. The second-order valence-corrected chi connectivity index (χ2v) is 6.94. The molecule has 0 fully saturated rings. The third-order valence-corrected chi connectivity index (χ3v) is 5.74. The van der Waals surface area contributed by atoms with Crippen molar-refractivity contribution in [2.24, 2.45) is 0 Å². The van der Waals surface area contributed by atoms with Crippen LogP contribution < -0.4 is 0 Å². The van der Waals surface area contributed by atoms with E-state index in [9.17, 15) is 0 Å². The van der Waals surface area contributed by atoms with Gasteiger partial charge in [0.15, 0.2) is 0 Å². The number of rotatable bonds is 0. The van der Waals surface area contributed by atoms with Gasteiger partial charge in [0.25, 0.3) is 0 Å². The van der Waals surface area contributed by atoms with Gasteiger partial charge in [0.1, 0.15) is 0 Å². The van der Waals surface area contributed by atoms with Crippen molar-refractivity contribution in [3.63, 3.8) is 0 Å². The SMILES string of the molecule is Cc1c2c(ccc3ccccc32)cc2sc3ccccc3c12. The van der Waals surface area contributed by atoms with Crippen molar-refractivity contribution >= 4 is 53.1 Å². The molecular formula is C21H14S. The highest BCUT2D eigenvalue weighted by molar-refractivity contribution is 7.25. The Hall–Kier alpha value is -2.38. The molecule has 104 valence electrons. The van der Waals surface area contributed by atoms with E-state index in [1.807, 2.05) is 11.3 Å². The lowest BCUT2D eigenvalue weighted by Gasteiger charge is -2.09. The maximum atomic E-state index is 2.36. The first-order valence-electron chi connectivity index (χ1n) is 7.55. The molecule has 0 aliphatic carbocycles. The summed E-state index contributed by atoms with van der Waals surface area (Å²) in [6.07, 6.45) is 0. The molecule has 1 aromatic heterocycles. The van der Waals surface area contributed by atoms with Gasteiger partial charge in [-0.2, -0.15) is 0 Å². The number of fused-ring (bicyclic) bond motifs is 6. The smallest absolute Gasteiger partial charge is 0.0364 e. The molecular weight excluding hydrogens is 284 g/mol. The van der Waals surface area contributed by atoms with E-state index < -0.39 is 0 Å². The van der Waals surface area contributed by atoms with Crippen molar-refractivity contribution in [2.45, 2.75) is 6.92 Å². The average Bonchev–Trinajstić information content (AvgIpc) is 2.93. The van der Waals surface area contributed by atoms with Crippen LogP contribution in [-0.4, -0.2) is 0 Å². The standard InChI is InChI=1S/C21H14S/c1-13-20-15(11-10-14-6-2-3-7-16(14)20)12-19-21(13)17-8-4-5-9-18(17)22-19/h2-12H,1H3. The molecule has 0 spiro atoms. The highest BCUT2D eigenvalue weighted by atomic mass is 32.1. The topological polar surface area (TPSA) is 0 Å². The fraction of sp³-hybridized carbons (Fsp3) is 0.0476. The summed E-state index contributed by atoms with van der Waals surface area (Å²) in [7, 11) is 0. The van der Waals surface area contributed by atoms with Crippen LogP contribution in [0.3, 0.4) is 0 Å². The van der Waals surface area contributed by atoms with Gasteiger partial charge >= 0.3 is 0 Å². The molecule has 4 aromatic carbocycles. The van der Waals surface area contributed by atoms with Crippen molar-refractivity contribution in [3.8, 4) is 0 Å². The van der Waals surface area contributed by atoms with Gasteiger partial charge in [0.05, 0.1) is 0 Å². The zero-order chi connectivity index (χ0) is 14.7. The Morgan fingerprint density at radius 1 is 0.636 bits per heavy atom. The minimum absolute atomic E-state index is 1.32. The second-order valence-electron chi connectivity index (χ2n) is 5.86. The van der Waals surface area contributed by atoms with Crippen LogP contribution in [0.1, 0.15) is 5.56 Å². The molecule has 5 aromatic rings. The molecule has 0 bridgehead atoms. The molecule has 0 radical (unpaired) electrons. The summed E-state index contributed by atoms with van der Waals surface area (Å²) >= 11 is 1.90. The molecule has 0 amide bonds. The van der Waals surface area contributed by atoms with Gasteiger partial charge in [0, 0.05) is 20.2 Å². The molecule has 1 heteroatoms. The molecule has 5 rings (SSSR count). The number of benzene rings is 4. The largest absolute Gasteiger partial charge is 0.135 e. The molecule has 1 heterocycles. The first kappa shape index (κ1) is 12.2. The summed E-state index contributed by atoms with van der Waals surface area (Å²) in [5, 5.41) is 8.22. The quantitative estimate of drug-likeness (QED) is 0.280. The summed E-state index contributed by atoms with van der Waals surface area (Å²) in [6, 6.07) is 24.3. The Bertz CT molecular complexity index is 1170. The highest BCUT2D eigenvalue weighted by Gasteiger charge is 2.12. The predicted molar refractivity (Wildman–Crippen MR) is 99.1 cm³/mol. The van der Waals surface area contributed by atoms with Crippen LogP contribution in [0.25, 0.3) is 41.7 Å². The van der Waals surface area contributed by atoms with E-state index in [1.54, 1.807) is 0 Å². The number of thiophene rings is 1. The molecule has 0 aliphatic heterocycles. The van der Waals surface area contributed by atoms with Crippen molar-refractivity contribution in [3.05, 3.63) is 72.3 Å². The molecule has 0 saturated carbocycles. The molecule has 0 N–H and O–H groups in total. The molecule has 0 nitrogen and oxygen atoms in total. The number of hydrogen-bond donors (Lipinski definition) is 0. The third kappa shape index (κ3) is 1.52.